The second-order valence-corrected chi connectivity index (χ2v) is 3.59. The van der Waals surface area contributed by atoms with Gasteiger partial charge in [0.2, 0.25) is 5.91 Å². The fourth-order valence-electron chi connectivity index (χ4n) is 0.788. The lowest BCUT2D eigenvalue weighted by Crippen LogP contribution is -2.46. The number of guanidine groups is 1. The lowest BCUT2D eigenvalue weighted by atomic mass is 10.1. The largest absolute Gasteiger partial charge is 0.351 e. The Labute approximate surface area is 66.1 Å². The highest BCUT2D eigenvalue weighted by molar-refractivity contribution is 6.03. The van der Waals surface area contributed by atoms with Crippen molar-refractivity contribution in [3.05, 3.63) is 0 Å². The summed E-state index contributed by atoms with van der Waals surface area (Å²) in [6, 6.07) is 0. The minimum atomic E-state index is -0.0452. The van der Waals surface area contributed by atoms with Gasteiger partial charge in [0.15, 0.2) is 5.96 Å². The fraction of sp³-hybridized carbons (Fsp3) is 0.714. The van der Waals surface area contributed by atoms with Crippen LogP contribution in [-0.2, 0) is 4.79 Å². The highest BCUT2D eigenvalue weighted by Crippen LogP contribution is 1.99. The van der Waals surface area contributed by atoms with Crippen molar-refractivity contribution in [2.45, 2.75) is 26.3 Å². The van der Waals surface area contributed by atoms with Crippen molar-refractivity contribution in [2.24, 2.45) is 4.99 Å². The molecule has 0 saturated heterocycles. The van der Waals surface area contributed by atoms with Gasteiger partial charge in [0.1, 0.15) is 6.54 Å². The molecule has 1 rings (SSSR count). The molecule has 0 bridgehead atoms. The predicted octanol–water partition coefficient (Wildman–Crippen LogP) is -0.140. The first kappa shape index (κ1) is 8.04. The SMILES string of the molecule is CC(C)(C)NC1=NCC(=O)N1. The molecule has 0 saturated carbocycles. The van der Waals surface area contributed by atoms with Crippen molar-refractivity contribution >= 4 is 11.9 Å². The van der Waals surface area contributed by atoms with E-state index in [9.17, 15) is 4.79 Å². The molecule has 0 spiro atoms. The third-order valence-electron chi connectivity index (χ3n) is 1.13. The molecule has 0 aromatic rings. The molecule has 11 heavy (non-hydrogen) atoms. The first-order valence-corrected chi connectivity index (χ1v) is 3.60. The number of nitrogens with one attached hydrogen (secondary N) is 2. The molecule has 4 heteroatoms. The molecule has 62 valence electrons. The number of aliphatic imine (C=N–C) groups is 1. The predicted molar refractivity (Wildman–Crippen MR) is 43.3 cm³/mol. The zero-order valence-corrected chi connectivity index (χ0v) is 7.06. The van der Waals surface area contributed by atoms with Crippen LogP contribution < -0.4 is 10.6 Å². The van der Waals surface area contributed by atoms with Crippen LogP contribution in [0.5, 0.6) is 0 Å². The molecular formula is C7H13N3O. The minimum absolute atomic E-state index is 0.0447. The topological polar surface area (TPSA) is 53.5 Å². The average Bonchev–Trinajstić information content (AvgIpc) is 2.10. The summed E-state index contributed by atoms with van der Waals surface area (Å²) in [5.41, 5.74) is -0.0452. The van der Waals surface area contributed by atoms with Crippen LogP contribution in [0.15, 0.2) is 4.99 Å². The minimum Gasteiger partial charge on any atom is -0.351 e. The highest BCUT2D eigenvalue weighted by Gasteiger charge is 2.17. The first-order valence-electron chi connectivity index (χ1n) is 3.60. The van der Waals surface area contributed by atoms with Crippen LogP contribution in [0.2, 0.25) is 0 Å². The van der Waals surface area contributed by atoms with Crippen LogP contribution >= 0.6 is 0 Å². The maximum Gasteiger partial charge on any atom is 0.248 e. The Hall–Kier alpha value is -1.06. The summed E-state index contributed by atoms with van der Waals surface area (Å²) in [4.78, 5) is 14.6. The molecule has 0 aromatic carbocycles. The van der Waals surface area contributed by atoms with Crippen LogP contribution in [0.25, 0.3) is 0 Å². The number of hydrogen-bond donors (Lipinski definition) is 2. The van der Waals surface area contributed by atoms with E-state index in [0.29, 0.717) is 5.96 Å². The molecule has 0 unspecified atom stereocenters. The lowest BCUT2D eigenvalue weighted by molar-refractivity contribution is -0.117. The highest BCUT2D eigenvalue weighted by atomic mass is 16.2. The Balaban J connectivity index is 2.46. The number of amides is 1. The van der Waals surface area contributed by atoms with Crippen LogP contribution in [-0.4, -0.2) is 24.0 Å². The van der Waals surface area contributed by atoms with E-state index in [4.69, 9.17) is 0 Å². The van der Waals surface area contributed by atoms with E-state index in [0.717, 1.165) is 0 Å². The van der Waals surface area contributed by atoms with Crippen molar-refractivity contribution in [1.29, 1.82) is 0 Å². The average molecular weight is 155 g/mol. The molecule has 1 amide bonds. The van der Waals surface area contributed by atoms with Gasteiger partial charge in [-0.2, -0.15) is 0 Å². The summed E-state index contributed by atoms with van der Waals surface area (Å²) in [5, 5.41) is 5.68. The van der Waals surface area contributed by atoms with Gasteiger partial charge in [-0.3, -0.25) is 10.1 Å². The zero-order chi connectivity index (χ0) is 8.48. The maximum atomic E-state index is 10.7. The lowest BCUT2D eigenvalue weighted by Gasteiger charge is -2.21. The summed E-state index contributed by atoms with van der Waals surface area (Å²) in [6.45, 7) is 6.29. The van der Waals surface area contributed by atoms with E-state index in [2.05, 4.69) is 15.6 Å². The number of rotatable bonds is 0. The van der Waals surface area contributed by atoms with Crippen molar-refractivity contribution in [3.63, 3.8) is 0 Å². The van der Waals surface area contributed by atoms with Crippen molar-refractivity contribution < 1.29 is 4.79 Å². The molecule has 0 radical (unpaired) electrons. The van der Waals surface area contributed by atoms with Crippen molar-refractivity contribution in [1.82, 2.24) is 10.6 Å². The van der Waals surface area contributed by atoms with Gasteiger partial charge in [0.05, 0.1) is 0 Å². The van der Waals surface area contributed by atoms with Gasteiger partial charge in [-0.05, 0) is 20.8 Å². The summed E-state index contributed by atoms with van der Waals surface area (Å²) < 4.78 is 0. The van der Waals surface area contributed by atoms with Gasteiger partial charge < -0.3 is 5.32 Å². The van der Waals surface area contributed by atoms with Crippen molar-refractivity contribution in [3.8, 4) is 0 Å². The van der Waals surface area contributed by atoms with Crippen LogP contribution in [0, 0.1) is 0 Å². The van der Waals surface area contributed by atoms with Gasteiger partial charge in [-0.25, -0.2) is 4.99 Å². The second kappa shape index (κ2) is 2.53. The molecule has 1 aliphatic heterocycles. The third kappa shape index (κ3) is 2.57. The summed E-state index contributed by atoms with van der Waals surface area (Å²) in [5.74, 6) is 0.541. The summed E-state index contributed by atoms with van der Waals surface area (Å²) >= 11 is 0. The smallest absolute Gasteiger partial charge is 0.248 e. The Morgan fingerprint density at radius 1 is 1.55 bits per heavy atom. The monoisotopic (exact) mass is 155 g/mol. The van der Waals surface area contributed by atoms with E-state index in [1.165, 1.54) is 0 Å². The van der Waals surface area contributed by atoms with Crippen molar-refractivity contribution in [2.75, 3.05) is 6.54 Å². The summed E-state index contributed by atoms with van der Waals surface area (Å²) in [6.07, 6.45) is 0. The number of nitrogens with zero attached hydrogens (tertiary/aromatic N) is 1. The van der Waals surface area contributed by atoms with E-state index >= 15 is 0 Å². The third-order valence-corrected chi connectivity index (χ3v) is 1.13. The molecule has 2 N–H and O–H groups in total. The van der Waals surface area contributed by atoms with E-state index in [-0.39, 0.29) is 18.0 Å². The molecule has 4 nitrogen and oxygen atoms in total. The molecule has 0 aliphatic carbocycles. The second-order valence-electron chi connectivity index (χ2n) is 3.59. The van der Waals surface area contributed by atoms with Crippen LogP contribution in [0.1, 0.15) is 20.8 Å². The summed E-state index contributed by atoms with van der Waals surface area (Å²) in [7, 11) is 0. The fourth-order valence-corrected chi connectivity index (χ4v) is 0.788. The number of carbonyl (C=O) groups excluding carboxylic acids is 1. The molecule has 0 fully saturated rings. The van der Waals surface area contributed by atoms with Crippen LogP contribution in [0.4, 0.5) is 0 Å². The van der Waals surface area contributed by atoms with Gasteiger partial charge in [-0.15, -0.1) is 0 Å². The maximum absolute atomic E-state index is 10.7. The number of hydrogen-bond acceptors (Lipinski definition) is 3. The van der Waals surface area contributed by atoms with Gasteiger partial charge in [0.25, 0.3) is 0 Å². The Morgan fingerprint density at radius 3 is 2.55 bits per heavy atom. The number of carbonyl (C=O) groups is 1. The molecular weight excluding hydrogens is 142 g/mol. The van der Waals surface area contributed by atoms with Gasteiger partial charge >= 0.3 is 0 Å². The Bertz CT molecular complexity index is 202. The molecule has 1 heterocycles. The first-order chi connectivity index (χ1) is 4.97. The van der Waals surface area contributed by atoms with Gasteiger partial charge in [-0.1, -0.05) is 0 Å². The van der Waals surface area contributed by atoms with E-state index in [1.807, 2.05) is 20.8 Å². The Morgan fingerprint density at radius 2 is 2.18 bits per heavy atom. The normalized spacial score (nSPS) is 17.7. The van der Waals surface area contributed by atoms with Crippen LogP contribution in [0.3, 0.4) is 0 Å². The van der Waals surface area contributed by atoms with E-state index in [1.54, 1.807) is 0 Å². The van der Waals surface area contributed by atoms with E-state index < -0.39 is 0 Å². The quantitative estimate of drug-likeness (QED) is 0.511. The Kier molecular flexibility index (Phi) is 1.85. The standard InChI is InChI=1S/C7H13N3O/c1-7(2,3)10-6-8-4-5(11)9-6/h4H2,1-3H3,(H2,8,9,10,11). The molecule has 0 atom stereocenters. The van der Waals surface area contributed by atoms with Gasteiger partial charge in [0, 0.05) is 5.54 Å². The molecule has 0 aromatic heterocycles. The zero-order valence-electron chi connectivity index (χ0n) is 7.06. The molecule has 1 aliphatic rings.